The number of halogens is 8. The normalized spacial score (nSPS) is 10.6. The molecule has 0 amide bonds. The van der Waals surface area contributed by atoms with Gasteiger partial charge in [0, 0.05) is 49.9 Å². The van der Waals surface area contributed by atoms with E-state index < -0.39 is 141 Å². The zero-order valence-electron chi connectivity index (χ0n) is 81.0. The summed E-state index contributed by atoms with van der Waals surface area (Å²) in [6.07, 6.45) is 35.6. The summed E-state index contributed by atoms with van der Waals surface area (Å²) >= 11 is 0. The van der Waals surface area contributed by atoms with Gasteiger partial charge >= 0.3 is 71.6 Å². The number of rotatable bonds is 56. The van der Waals surface area contributed by atoms with Crippen LogP contribution in [0.4, 0.5) is 35.1 Å². The Morgan fingerprint density at radius 1 is 0.186 bits per heavy atom. The third-order valence-electron chi connectivity index (χ3n) is 21.1. The van der Waals surface area contributed by atoms with Gasteiger partial charge in [-0.3, -0.25) is 19.2 Å². The van der Waals surface area contributed by atoms with Crippen molar-refractivity contribution in [2.75, 3.05) is 26.4 Å². The van der Waals surface area contributed by atoms with E-state index in [1.165, 1.54) is 157 Å². The number of hydrogen-bond donors (Lipinski definition) is 0. The first-order valence-corrected chi connectivity index (χ1v) is 48.2. The van der Waals surface area contributed by atoms with Crippen molar-refractivity contribution < 1.29 is 150 Å². The average Bonchev–Trinajstić information content (AvgIpc) is 0.835. The molecule has 32 heteroatoms. The van der Waals surface area contributed by atoms with Gasteiger partial charge in [-0.1, -0.05) is 207 Å². The lowest BCUT2D eigenvalue weighted by atomic mass is 10.1. The van der Waals surface area contributed by atoms with Gasteiger partial charge in [0.2, 0.25) is 0 Å². The molecule has 0 radical (unpaired) electrons. The molecule has 140 heavy (non-hydrogen) atoms. The fourth-order valence-electron chi connectivity index (χ4n) is 13.6. The van der Waals surface area contributed by atoms with Gasteiger partial charge in [-0.15, -0.1) is 0 Å². The minimum atomic E-state index is -1.14. The average molecular weight is 1960 g/mol. The predicted octanol–water partition coefficient (Wildman–Crippen LogP) is 27.2. The van der Waals surface area contributed by atoms with Crippen LogP contribution in [0.1, 0.15) is 369 Å². The van der Waals surface area contributed by atoms with Gasteiger partial charge in [-0.05, 0) is 175 Å². The molecule has 0 aromatic heterocycles. The van der Waals surface area contributed by atoms with Crippen molar-refractivity contribution in [3.05, 3.63) is 237 Å². The number of benzene rings is 8. The number of ether oxygens (including phenoxy) is 12. The van der Waals surface area contributed by atoms with Gasteiger partial charge in [0.15, 0.2) is 46.3 Å². The van der Waals surface area contributed by atoms with Gasteiger partial charge in [0.25, 0.3) is 0 Å². The summed E-state index contributed by atoms with van der Waals surface area (Å²) in [5, 5.41) is 0. The van der Waals surface area contributed by atoms with Crippen LogP contribution in [0.2, 0.25) is 0 Å². The van der Waals surface area contributed by atoms with Gasteiger partial charge in [-0.25, -0.2) is 73.5 Å². The van der Waals surface area contributed by atoms with Crippen molar-refractivity contribution in [3.8, 4) is 46.0 Å². The number of carbonyl (C=O) groups is 12. The lowest BCUT2D eigenvalue weighted by Crippen LogP contribution is -2.13. The van der Waals surface area contributed by atoms with Gasteiger partial charge in [0.1, 0.15) is 46.3 Å². The van der Waals surface area contributed by atoms with Crippen LogP contribution in [0.15, 0.2) is 146 Å². The Morgan fingerprint density at radius 2 is 0.386 bits per heavy atom. The third-order valence-corrected chi connectivity index (χ3v) is 21.1. The molecular formula is C108H128F8O24. The second-order valence-corrected chi connectivity index (χ2v) is 32.4. The fourth-order valence-corrected chi connectivity index (χ4v) is 13.6. The van der Waals surface area contributed by atoms with Crippen molar-refractivity contribution in [1.29, 1.82) is 0 Å². The SMILES string of the molecule is CCCCCCCCCCC(=O)Oc1ccc(C(=O)Oc2ccc(C(=O)OCC)c(F)c2)c(F)c1.CCCCCCCCCCC(=O)Oc1ccc(C(=O)Oc2ccc(C(=O)OCC)c(F)c2)cc1F.CCCCCCCCCCC(=O)Oc1ccc(C(=O)Oc2ccc(C(=O)OCC)cc2F)c(F)c1.CCCCCCCCCCC(=O)Oc1ccc(C(=O)Oc2ccc(C(=O)OCC)cc2F)cc1F. The maximum Gasteiger partial charge on any atom is 0.346 e. The van der Waals surface area contributed by atoms with E-state index in [1.807, 2.05) is 0 Å². The van der Waals surface area contributed by atoms with E-state index in [1.54, 1.807) is 27.7 Å². The molecule has 0 spiro atoms. The number of unbranched alkanes of at least 4 members (excludes halogenated alkanes) is 28. The molecule has 0 fully saturated rings. The van der Waals surface area contributed by atoms with Crippen LogP contribution in [0, 0.1) is 46.5 Å². The molecule has 0 atom stereocenters. The minimum absolute atomic E-state index is 0.0200. The molecular weight excluding hydrogens is 1830 g/mol. The van der Waals surface area contributed by atoms with Crippen molar-refractivity contribution in [3.63, 3.8) is 0 Å². The van der Waals surface area contributed by atoms with E-state index in [2.05, 4.69) is 27.7 Å². The summed E-state index contributed by atoms with van der Waals surface area (Å²) in [5.41, 5.74) is -1.91. The first-order chi connectivity index (χ1) is 67.4. The van der Waals surface area contributed by atoms with Crippen LogP contribution in [0.3, 0.4) is 0 Å². The largest absolute Gasteiger partial charge is 0.462 e. The van der Waals surface area contributed by atoms with E-state index in [9.17, 15) is 92.7 Å². The van der Waals surface area contributed by atoms with Crippen molar-refractivity contribution >= 4 is 71.6 Å². The van der Waals surface area contributed by atoms with Crippen LogP contribution in [0.5, 0.6) is 46.0 Å². The first kappa shape index (κ1) is 117. The lowest BCUT2D eigenvalue weighted by Gasteiger charge is -2.09. The molecule has 8 aromatic rings. The highest BCUT2D eigenvalue weighted by molar-refractivity contribution is 5.96. The summed E-state index contributed by atoms with van der Waals surface area (Å²) in [6.45, 7) is 15.5. The lowest BCUT2D eigenvalue weighted by molar-refractivity contribution is -0.135. The Kier molecular flexibility index (Phi) is 56.3. The molecule has 760 valence electrons. The highest BCUT2D eigenvalue weighted by Gasteiger charge is 2.26. The van der Waals surface area contributed by atoms with E-state index >= 15 is 0 Å². The van der Waals surface area contributed by atoms with E-state index in [0.29, 0.717) is 25.7 Å². The van der Waals surface area contributed by atoms with E-state index in [-0.39, 0.29) is 120 Å². The molecule has 24 nitrogen and oxygen atoms in total. The molecule has 0 N–H and O–H groups in total. The summed E-state index contributed by atoms with van der Waals surface area (Å²) in [6, 6.07) is 25.9. The second-order valence-electron chi connectivity index (χ2n) is 32.4. The predicted molar refractivity (Wildman–Crippen MR) is 506 cm³/mol. The Balaban J connectivity index is 0.000000329. The van der Waals surface area contributed by atoms with Crippen molar-refractivity contribution in [2.24, 2.45) is 0 Å². The third kappa shape index (κ3) is 44.8. The van der Waals surface area contributed by atoms with Gasteiger partial charge in [0.05, 0.1) is 70.9 Å². The van der Waals surface area contributed by atoms with Crippen molar-refractivity contribution in [2.45, 2.75) is 287 Å². The number of hydrogen-bond acceptors (Lipinski definition) is 24. The van der Waals surface area contributed by atoms with Crippen LogP contribution in [-0.2, 0) is 38.1 Å². The zero-order valence-corrected chi connectivity index (χ0v) is 81.0. The summed E-state index contributed by atoms with van der Waals surface area (Å²) in [5.74, 6) is -18.7. The maximum atomic E-state index is 14.4. The maximum absolute atomic E-state index is 14.4. The number of esters is 12. The van der Waals surface area contributed by atoms with Crippen LogP contribution >= 0.6 is 0 Å². The van der Waals surface area contributed by atoms with Crippen LogP contribution in [0.25, 0.3) is 0 Å². The molecule has 0 unspecified atom stereocenters. The van der Waals surface area contributed by atoms with Crippen LogP contribution < -0.4 is 37.9 Å². The van der Waals surface area contributed by atoms with E-state index in [0.717, 1.165) is 168 Å². The highest BCUT2D eigenvalue weighted by atomic mass is 19.2. The second kappa shape index (κ2) is 67.2. The summed E-state index contributed by atoms with van der Waals surface area (Å²) in [4.78, 5) is 144. The van der Waals surface area contributed by atoms with Crippen molar-refractivity contribution in [1.82, 2.24) is 0 Å². The smallest absolute Gasteiger partial charge is 0.346 e. The quantitative estimate of drug-likeness (QED) is 0.0112. The van der Waals surface area contributed by atoms with Gasteiger partial charge in [-0.2, -0.15) is 0 Å². The minimum Gasteiger partial charge on any atom is -0.462 e. The number of carbonyl (C=O) groups excluding carboxylic acids is 12. The molecule has 8 aromatic carbocycles. The molecule has 0 bridgehead atoms. The monoisotopic (exact) mass is 1960 g/mol. The first-order valence-electron chi connectivity index (χ1n) is 48.2. The highest BCUT2D eigenvalue weighted by Crippen LogP contribution is 2.31. The summed E-state index contributed by atoms with van der Waals surface area (Å²) < 4.78 is 174. The molecule has 8 rings (SSSR count). The fraction of sp³-hybridized carbons (Fsp3) is 0.444. The molecule has 0 saturated heterocycles. The Labute approximate surface area is 812 Å². The Hall–Kier alpha value is -13.2. The zero-order chi connectivity index (χ0) is 103. The summed E-state index contributed by atoms with van der Waals surface area (Å²) in [7, 11) is 0. The standard InChI is InChI=1S/4C27H32F2O6/c1-3-5-6-7-8-9-10-11-12-25(30)34-23-15-14-20(18-21(23)28)27(32)35-24-16-13-19(17-22(24)29)26(31)33-4-2;1-3-5-6-7-8-9-10-11-12-25(30)35-24-16-13-19(17-23(24)29)26(31)34-20-14-15-21(22(28)18-20)27(32)33-4-2;1-3-5-6-7-8-9-10-11-12-25(30)34-20-14-15-21(22(28)18-20)27(32)35-24-16-13-19(17-23(24)29)26(31)33-4-2;1-3-5-6-7-8-9-10-11-12-25(30)34-19-13-16-22(24(29)17-19)27(32)35-20-14-15-21(23(28)18-20)26(31)33-4-2/h4*13-18H,3-12H2,1-2H3. The molecule has 0 saturated carbocycles. The molecule has 0 aliphatic rings. The Bertz CT molecular complexity index is 5310. The topological polar surface area (TPSA) is 316 Å². The Morgan fingerprint density at radius 3 is 0.643 bits per heavy atom. The van der Waals surface area contributed by atoms with E-state index in [4.69, 9.17) is 56.8 Å². The van der Waals surface area contributed by atoms with Crippen LogP contribution in [-0.4, -0.2) is 98.1 Å². The molecule has 0 heterocycles. The van der Waals surface area contributed by atoms with Gasteiger partial charge < -0.3 is 56.8 Å². The molecule has 0 aliphatic carbocycles. The molecule has 0 aliphatic heterocycles.